The van der Waals surface area contributed by atoms with Crippen molar-refractivity contribution in [2.24, 2.45) is 10.1 Å². The molecule has 1 aromatic heterocycles. The SMILES string of the molecule is CCC1=NN2C(=N)C(=Cc3cn(CCOc4ccc(Br)cc4)c4ccccc34)C(=O)N=C2S1. The van der Waals surface area contributed by atoms with Gasteiger partial charge in [-0.3, -0.25) is 10.2 Å². The monoisotopic (exact) mass is 521 g/mol. The number of carbonyl (C=O) groups is 1. The Morgan fingerprint density at radius 2 is 1.97 bits per heavy atom. The van der Waals surface area contributed by atoms with Crippen molar-refractivity contribution in [3.63, 3.8) is 0 Å². The molecule has 9 heteroatoms. The van der Waals surface area contributed by atoms with Gasteiger partial charge in [-0.05, 0) is 54.6 Å². The predicted molar refractivity (Wildman–Crippen MR) is 137 cm³/mol. The Morgan fingerprint density at radius 1 is 1.18 bits per heavy atom. The number of ether oxygens (including phenoxy) is 1. The number of fused-ring (bicyclic) bond motifs is 2. The van der Waals surface area contributed by atoms with Gasteiger partial charge in [-0.15, -0.1) is 0 Å². The largest absolute Gasteiger partial charge is 0.492 e. The van der Waals surface area contributed by atoms with Crippen LogP contribution in [0.1, 0.15) is 18.9 Å². The normalized spacial score (nSPS) is 16.9. The van der Waals surface area contributed by atoms with Gasteiger partial charge in [0.25, 0.3) is 5.91 Å². The van der Waals surface area contributed by atoms with Crippen molar-refractivity contribution >= 4 is 66.6 Å². The minimum absolute atomic E-state index is 0.0522. The lowest BCUT2D eigenvalue weighted by Crippen LogP contribution is -2.35. The standard InChI is InChI=1S/C24H20BrN5O2S/c1-2-21-28-30-22(26)19(23(31)27-24(30)33-21)13-15-14-29(20-6-4-3-5-18(15)20)11-12-32-17-9-7-16(25)8-10-17/h3-10,13-14,26H,2,11-12H2,1H3. The molecular weight excluding hydrogens is 502 g/mol. The zero-order valence-electron chi connectivity index (χ0n) is 17.8. The molecule has 5 rings (SSSR count). The Balaban J connectivity index is 1.42. The first kappa shape index (κ1) is 21.7. The number of para-hydroxylation sites is 1. The van der Waals surface area contributed by atoms with Gasteiger partial charge in [-0.25, -0.2) is 0 Å². The summed E-state index contributed by atoms with van der Waals surface area (Å²) in [5.74, 6) is 0.445. The molecule has 0 aliphatic carbocycles. The predicted octanol–water partition coefficient (Wildman–Crippen LogP) is 5.51. The number of nitrogens with one attached hydrogen (secondary N) is 1. The third kappa shape index (κ3) is 4.26. The van der Waals surface area contributed by atoms with E-state index in [1.54, 1.807) is 6.08 Å². The molecule has 2 aliphatic heterocycles. The molecule has 33 heavy (non-hydrogen) atoms. The van der Waals surface area contributed by atoms with Gasteiger partial charge >= 0.3 is 0 Å². The van der Waals surface area contributed by atoms with Crippen molar-refractivity contribution in [1.29, 1.82) is 5.41 Å². The summed E-state index contributed by atoms with van der Waals surface area (Å²) in [6.45, 7) is 3.13. The van der Waals surface area contributed by atoms with Crippen LogP contribution in [0.2, 0.25) is 0 Å². The molecule has 0 atom stereocenters. The molecule has 0 spiro atoms. The van der Waals surface area contributed by atoms with Crippen LogP contribution < -0.4 is 4.74 Å². The number of thioether (sulfide) groups is 1. The molecule has 0 unspecified atom stereocenters. The summed E-state index contributed by atoms with van der Waals surface area (Å²) in [6, 6.07) is 15.7. The van der Waals surface area contributed by atoms with Crippen LogP contribution in [0.25, 0.3) is 17.0 Å². The molecule has 1 N–H and O–H groups in total. The Bertz CT molecular complexity index is 1360. The lowest BCUT2D eigenvalue weighted by Gasteiger charge is -2.20. The molecule has 0 saturated heterocycles. The number of amides is 1. The highest BCUT2D eigenvalue weighted by Gasteiger charge is 2.35. The maximum Gasteiger partial charge on any atom is 0.283 e. The van der Waals surface area contributed by atoms with Crippen molar-refractivity contribution in [1.82, 2.24) is 9.58 Å². The number of hydrogen-bond acceptors (Lipinski definition) is 5. The Labute approximate surface area is 203 Å². The van der Waals surface area contributed by atoms with Gasteiger partial charge in [-0.2, -0.15) is 15.1 Å². The van der Waals surface area contributed by atoms with Crippen LogP contribution in [0.3, 0.4) is 0 Å². The summed E-state index contributed by atoms with van der Waals surface area (Å²) in [6.07, 6.45) is 4.46. The fraction of sp³-hybridized carbons (Fsp3) is 0.167. The molecule has 1 amide bonds. The smallest absolute Gasteiger partial charge is 0.283 e. The van der Waals surface area contributed by atoms with Crippen molar-refractivity contribution in [3.05, 3.63) is 70.3 Å². The van der Waals surface area contributed by atoms with Crippen LogP contribution in [0, 0.1) is 5.41 Å². The highest BCUT2D eigenvalue weighted by molar-refractivity contribution is 9.10. The molecule has 2 aliphatic rings. The first-order valence-electron chi connectivity index (χ1n) is 10.5. The molecule has 0 radical (unpaired) electrons. The molecule has 0 fully saturated rings. The van der Waals surface area contributed by atoms with E-state index in [2.05, 4.69) is 30.6 Å². The van der Waals surface area contributed by atoms with Gasteiger partial charge in [0.15, 0.2) is 5.84 Å². The summed E-state index contributed by atoms with van der Waals surface area (Å²) in [7, 11) is 0. The number of carbonyl (C=O) groups excluding carboxylic acids is 1. The van der Waals surface area contributed by atoms with Crippen molar-refractivity contribution in [2.75, 3.05) is 6.61 Å². The highest BCUT2D eigenvalue weighted by atomic mass is 79.9. The third-order valence-corrected chi connectivity index (χ3v) is 6.91. The number of nitrogens with zero attached hydrogens (tertiary/aromatic N) is 4. The molecule has 7 nitrogen and oxygen atoms in total. The van der Waals surface area contributed by atoms with E-state index < -0.39 is 5.91 Å². The van der Waals surface area contributed by atoms with Gasteiger partial charge in [0.2, 0.25) is 5.17 Å². The van der Waals surface area contributed by atoms with E-state index in [9.17, 15) is 4.79 Å². The molecule has 0 saturated carbocycles. The van der Waals surface area contributed by atoms with Crippen LogP contribution in [0.4, 0.5) is 0 Å². The van der Waals surface area contributed by atoms with E-state index in [0.717, 1.165) is 38.2 Å². The third-order valence-electron chi connectivity index (χ3n) is 5.33. The van der Waals surface area contributed by atoms with E-state index >= 15 is 0 Å². The summed E-state index contributed by atoms with van der Waals surface area (Å²) < 4.78 is 9.00. The molecule has 3 aromatic rings. The molecule has 3 heterocycles. The van der Waals surface area contributed by atoms with Crippen LogP contribution in [-0.2, 0) is 11.3 Å². The number of hydrazone groups is 1. The fourth-order valence-corrected chi connectivity index (χ4v) is 4.79. The summed E-state index contributed by atoms with van der Waals surface area (Å²) in [4.78, 5) is 16.9. The van der Waals surface area contributed by atoms with E-state index in [1.807, 2.05) is 61.7 Å². The minimum Gasteiger partial charge on any atom is -0.492 e. The summed E-state index contributed by atoms with van der Waals surface area (Å²) in [5.41, 5.74) is 2.12. The van der Waals surface area contributed by atoms with E-state index in [-0.39, 0.29) is 11.4 Å². The molecule has 166 valence electrons. The lowest BCUT2D eigenvalue weighted by molar-refractivity contribution is -0.114. The van der Waals surface area contributed by atoms with Gasteiger partial charge < -0.3 is 9.30 Å². The average molecular weight is 522 g/mol. The van der Waals surface area contributed by atoms with Crippen LogP contribution in [-0.4, -0.2) is 38.1 Å². The Hall–Kier alpha value is -3.17. The minimum atomic E-state index is -0.415. The second kappa shape index (κ2) is 8.99. The number of amidine groups is 2. The zero-order valence-corrected chi connectivity index (χ0v) is 20.2. The number of benzene rings is 2. The van der Waals surface area contributed by atoms with Gasteiger partial charge in [0, 0.05) is 27.1 Å². The first-order valence-corrected chi connectivity index (χ1v) is 12.1. The van der Waals surface area contributed by atoms with Crippen LogP contribution >= 0.6 is 27.7 Å². The molecular formula is C24H20BrN5O2S. The van der Waals surface area contributed by atoms with Gasteiger partial charge in [0.1, 0.15) is 17.4 Å². The second-order valence-corrected chi connectivity index (χ2v) is 9.42. The van der Waals surface area contributed by atoms with Crippen molar-refractivity contribution < 1.29 is 9.53 Å². The van der Waals surface area contributed by atoms with E-state index in [1.165, 1.54) is 16.8 Å². The van der Waals surface area contributed by atoms with Crippen molar-refractivity contribution in [2.45, 2.75) is 19.9 Å². The second-order valence-electron chi connectivity index (χ2n) is 7.46. The summed E-state index contributed by atoms with van der Waals surface area (Å²) >= 11 is 4.77. The number of rotatable bonds is 6. The number of aromatic nitrogens is 1. The maximum absolute atomic E-state index is 12.7. The zero-order chi connectivity index (χ0) is 22.9. The first-order chi connectivity index (χ1) is 16.0. The van der Waals surface area contributed by atoms with Crippen LogP contribution in [0.15, 0.2) is 74.9 Å². The van der Waals surface area contributed by atoms with Gasteiger partial charge in [-0.1, -0.05) is 41.1 Å². The van der Waals surface area contributed by atoms with Crippen LogP contribution in [0.5, 0.6) is 5.75 Å². The highest BCUT2D eigenvalue weighted by Crippen LogP contribution is 2.31. The quantitative estimate of drug-likeness (QED) is 0.433. The Kier molecular flexibility index (Phi) is 5.90. The number of hydrogen-bond donors (Lipinski definition) is 1. The van der Waals surface area contributed by atoms with E-state index in [0.29, 0.717) is 18.3 Å². The maximum atomic E-state index is 12.7. The lowest BCUT2D eigenvalue weighted by atomic mass is 10.1. The Morgan fingerprint density at radius 3 is 2.76 bits per heavy atom. The van der Waals surface area contributed by atoms with Gasteiger partial charge in [0.05, 0.1) is 12.1 Å². The fourth-order valence-electron chi connectivity index (χ4n) is 3.70. The number of aliphatic imine (C=N–C) groups is 1. The summed E-state index contributed by atoms with van der Waals surface area (Å²) in [5, 5.41) is 16.7. The van der Waals surface area contributed by atoms with Crippen molar-refractivity contribution in [3.8, 4) is 5.75 Å². The topological polar surface area (TPSA) is 83.0 Å². The number of halogens is 1. The molecule has 2 aromatic carbocycles. The average Bonchev–Trinajstić information content (AvgIpc) is 3.39. The molecule has 0 bridgehead atoms. The van der Waals surface area contributed by atoms with E-state index in [4.69, 9.17) is 10.1 Å².